The van der Waals surface area contributed by atoms with E-state index in [1.165, 1.54) is 96.6 Å². The van der Waals surface area contributed by atoms with Gasteiger partial charge in [-0.15, -0.1) is 0 Å². The molecule has 1 aromatic carbocycles. The zero-order valence-corrected chi connectivity index (χ0v) is 19.9. The fourth-order valence-electron chi connectivity index (χ4n) is 4.22. The van der Waals surface area contributed by atoms with Gasteiger partial charge >= 0.3 is 0 Å². The van der Waals surface area contributed by atoms with Crippen LogP contribution in [0.2, 0.25) is 0 Å². The number of nitrogens with zero attached hydrogens (tertiary/aromatic N) is 1. The first-order chi connectivity index (χ1) is 13.7. The van der Waals surface area contributed by atoms with Gasteiger partial charge < -0.3 is 0 Å². The minimum absolute atomic E-state index is 1.15. The summed E-state index contributed by atoms with van der Waals surface area (Å²) in [5, 5.41) is 0. The first-order valence-corrected chi connectivity index (χ1v) is 12.6. The molecule has 0 spiro atoms. The summed E-state index contributed by atoms with van der Waals surface area (Å²) in [7, 11) is 0. The minimum atomic E-state index is 1.15. The van der Waals surface area contributed by atoms with Gasteiger partial charge in [-0.1, -0.05) is 85.3 Å². The lowest BCUT2D eigenvalue weighted by Gasteiger charge is -2.25. The summed E-state index contributed by atoms with van der Waals surface area (Å²) < 4.78 is 0. The number of unbranched alkanes of at least 4 members (excludes halogenated alkanes) is 6. The van der Waals surface area contributed by atoms with Gasteiger partial charge in [-0.3, -0.25) is 4.90 Å². The van der Waals surface area contributed by atoms with Crippen molar-refractivity contribution in [3.8, 4) is 0 Å². The maximum absolute atomic E-state index is 2.68. The molecule has 1 rings (SSSR count). The third kappa shape index (κ3) is 9.12. The predicted octanol–water partition coefficient (Wildman–Crippen LogP) is 8.12. The van der Waals surface area contributed by atoms with Gasteiger partial charge in [0.2, 0.25) is 0 Å². The normalized spacial score (nSPS) is 11.5. The summed E-state index contributed by atoms with van der Waals surface area (Å²) in [6.45, 7) is 15.2. The molecule has 0 saturated heterocycles. The maximum Gasteiger partial charge on any atom is 0.0236 e. The van der Waals surface area contributed by atoms with Crippen molar-refractivity contribution in [1.29, 1.82) is 0 Å². The van der Waals surface area contributed by atoms with E-state index in [0.717, 1.165) is 6.54 Å². The minimum Gasteiger partial charge on any atom is -0.299 e. The van der Waals surface area contributed by atoms with Crippen molar-refractivity contribution in [2.75, 3.05) is 13.1 Å². The van der Waals surface area contributed by atoms with Crippen molar-refractivity contribution in [2.45, 2.75) is 125 Å². The van der Waals surface area contributed by atoms with E-state index in [4.69, 9.17) is 0 Å². The van der Waals surface area contributed by atoms with Gasteiger partial charge in [0.25, 0.3) is 0 Å². The highest BCUT2D eigenvalue weighted by atomic mass is 15.1. The molecule has 162 valence electrons. The quantitative estimate of drug-likeness (QED) is 0.244. The molecule has 0 radical (unpaired) electrons. The van der Waals surface area contributed by atoms with Crippen LogP contribution in [0.4, 0.5) is 0 Å². The Hall–Kier alpha value is -0.820. The number of aryl methyl sites for hydroxylation is 1. The SMILES string of the molecule is CCCCCCN(CC)Cc1ccc(CCCC)c(CCCC)c1CCCC. The highest BCUT2D eigenvalue weighted by Gasteiger charge is 2.15. The number of rotatable bonds is 17. The Morgan fingerprint density at radius 2 is 1.11 bits per heavy atom. The lowest BCUT2D eigenvalue weighted by Crippen LogP contribution is -2.25. The molecule has 28 heavy (non-hydrogen) atoms. The molecule has 1 heteroatoms. The van der Waals surface area contributed by atoms with Crippen LogP contribution in [0.15, 0.2) is 12.1 Å². The summed E-state index contributed by atoms with van der Waals surface area (Å²) in [6, 6.07) is 4.97. The van der Waals surface area contributed by atoms with Crippen LogP contribution < -0.4 is 0 Å². The molecule has 0 atom stereocenters. The summed E-state index contributed by atoms with van der Waals surface area (Å²) in [5.74, 6) is 0. The summed E-state index contributed by atoms with van der Waals surface area (Å²) in [4.78, 5) is 2.68. The summed E-state index contributed by atoms with van der Waals surface area (Å²) >= 11 is 0. The van der Waals surface area contributed by atoms with Crippen LogP contribution in [0.25, 0.3) is 0 Å². The Morgan fingerprint density at radius 3 is 1.68 bits per heavy atom. The Bertz CT molecular complexity index is 505. The molecule has 0 aliphatic heterocycles. The van der Waals surface area contributed by atoms with E-state index in [0.29, 0.717) is 0 Å². The van der Waals surface area contributed by atoms with Crippen molar-refractivity contribution in [3.63, 3.8) is 0 Å². The van der Waals surface area contributed by atoms with Gasteiger partial charge in [0.15, 0.2) is 0 Å². The molecule has 0 bridgehead atoms. The van der Waals surface area contributed by atoms with Gasteiger partial charge in [-0.25, -0.2) is 0 Å². The van der Waals surface area contributed by atoms with Crippen molar-refractivity contribution in [3.05, 3.63) is 34.4 Å². The third-order valence-corrected chi connectivity index (χ3v) is 6.15. The van der Waals surface area contributed by atoms with Crippen LogP contribution in [0.5, 0.6) is 0 Å². The van der Waals surface area contributed by atoms with E-state index in [1.54, 1.807) is 22.3 Å². The molecule has 0 aliphatic rings. The van der Waals surface area contributed by atoms with Gasteiger partial charge in [-0.05, 0) is 80.3 Å². The Kier molecular flexibility index (Phi) is 14.4. The Morgan fingerprint density at radius 1 is 0.571 bits per heavy atom. The van der Waals surface area contributed by atoms with Gasteiger partial charge in [-0.2, -0.15) is 0 Å². The topological polar surface area (TPSA) is 3.24 Å². The van der Waals surface area contributed by atoms with Gasteiger partial charge in [0.1, 0.15) is 0 Å². The van der Waals surface area contributed by atoms with Gasteiger partial charge in [0, 0.05) is 6.54 Å². The second-order valence-electron chi connectivity index (χ2n) is 8.58. The Balaban J connectivity index is 3.05. The van der Waals surface area contributed by atoms with Crippen LogP contribution in [0.1, 0.15) is 121 Å². The molecule has 0 N–H and O–H groups in total. The molecule has 0 aliphatic carbocycles. The van der Waals surface area contributed by atoms with E-state index in [1.807, 2.05) is 0 Å². The zero-order valence-electron chi connectivity index (χ0n) is 19.9. The maximum atomic E-state index is 2.68. The first-order valence-electron chi connectivity index (χ1n) is 12.6. The molecule has 0 heterocycles. The molecule has 0 saturated carbocycles. The number of hydrogen-bond acceptors (Lipinski definition) is 1. The highest BCUT2D eigenvalue weighted by molar-refractivity contribution is 5.42. The molecular formula is C27H49N. The van der Waals surface area contributed by atoms with Crippen molar-refractivity contribution in [2.24, 2.45) is 0 Å². The largest absolute Gasteiger partial charge is 0.299 e. The Labute approximate surface area is 177 Å². The molecule has 1 aromatic rings. The van der Waals surface area contributed by atoms with Gasteiger partial charge in [0.05, 0.1) is 0 Å². The standard InChI is InChI=1S/C27H49N/c1-6-11-15-16-22-28(10-5)23-25-21-20-24(17-12-7-2)26(18-13-8-3)27(25)19-14-9-4/h20-21H,6-19,22-23H2,1-5H3. The van der Waals surface area contributed by atoms with E-state index in [2.05, 4.69) is 51.7 Å². The average Bonchev–Trinajstić information content (AvgIpc) is 2.72. The van der Waals surface area contributed by atoms with Crippen molar-refractivity contribution < 1.29 is 0 Å². The molecular weight excluding hydrogens is 338 g/mol. The van der Waals surface area contributed by atoms with Crippen LogP contribution in [0, 0.1) is 0 Å². The fraction of sp³-hybridized carbons (Fsp3) is 0.778. The van der Waals surface area contributed by atoms with Crippen LogP contribution in [-0.4, -0.2) is 18.0 Å². The second kappa shape index (κ2) is 16.0. The molecule has 0 unspecified atom stereocenters. The molecule has 0 aromatic heterocycles. The fourth-order valence-corrected chi connectivity index (χ4v) is 4.22. The monoisotopic (exact) mass is 387 g/mol. The molecule has 0 amide bonds. The van der Waals surface area contributed by atoms with Crippen LogP contribution in [-0.2, 0) is 25.8 Å². The second-order valence-corrected chi connectivity index (χ2v) is 8.58. The van der Waals surface area contributed by atoms with Crippen molar-refractivity contribution >= 4 is 0 Å². The van der Waals surface area contributed by atoms with E-state index >= 15 is 0 Å². The van der Waals surface area contributed by atoms with E-state index in [9.17, 15) is 0 Å². The van der Waals surface area contributed by atoms with Crippen LogP contribution >= 0.6 is 0 Å². The lowest BCUT2D eigenvalue weighted by molar-refractivity contribution is 0.272. The third-order valence-electron chi connectivity index (χ3n) is 6.15. The average molecular weight is 388 g/mol. The zero-order chi connectivity index (χ0) is 20.6. The highest BCUT2D eigenvalue weighted by Crippen LogP contribution is 2.26. The molecule has 1 nitrogen and oxygen atoms in total. The summed E-state index contributed by atoms with van der Waals surface area (Å²) in [6.07, 6.45) is 17.1. The smallest absolute Gasteiger partial charge is 0.0236 e. The van der Waals surface area contributed by atoms with E-state index in [-0.39, 0.29) is 0 Å². The van der Waals surface area contributed by atoms with Crippen LogP contribution in [0.3, 0.4) is 0 Å². The van der Waals surface area contributed by atoms with E-state index < -0.39 is 0 Å². The predicted molar refractivity (Wildman–Crippen MR) is 127 cm³/mol. The number of benzene rings is 1. The lowest BCUT2D eigenvalue weighted by atomic mass is 9.87. The first kappa shape index (κ1) is 25.2. The van der Waals surface area contributed by atoms with Crippen molar-refractivity contribution in [1.82, 2.24) is 4.90 Å². The molecule has 0 fully saturated rings. The summed E-state index contributed by atoms with van der Waals surface area (Å²) in [5.41, 5.74) is 6.72. The number of hydrogen-bond donors (Lipinski definition) is 0.